The average molecular weight is 273 g/mol. The summed E-state index contributed by atoms with van der Waals surface area (Å²) in [6.07, 6.45) is 2.66. The average Bonchev–Trinajstić information content (AvgIpc) is 2.86. The van der Waals surface area contributed by atoms with Crippen molar-refractivity contribution in [2.24, 2.45) is 0 Å². The number of hydrogen-bond donors (Lipinski definition) is 0. The van der Waals surface area contributed by atoms with Crippen LogP contribution in [0.15, 0.2) is 34.9 Å². The molecule has 0 amide bonds. The first kappa shape index (κ1) is 14.6. The Morgan fingerprint density at radius 3 is 2.60 bits per heavy atom. The molecular formula is C17H23NO2. The zero-order chi connectivity index (χ0) is 14.5. The molecule has 0 N–H and O–H groups in total. The van der Waals surface area contributed by atoms with Gasteiger partial charge in [-0.3, -0.25) is 0 Å². The highest BCUT2D eigenvalue weighted by Crippen LogP contribution is 2.26. The second-order valence-electron chi connectivity index (χ2n) is 5.54. The molecular weight excluding hydrogens is 250 g/mol. The monoisotopic (exact) mass is 273 g/mol. The number of aryl methyl sites for hydroxylation is 1. The SMILES string of the molecule is Cc1cnc(C(C)CCOc2ccccc2C(C)C)o1. The molecule has 20 heavy (non-hydrogen) atoms. The number of para-hydroxylation sites is 1. The van der Waals surface area contributed by atoms with Crippen molar-refractivity contribution in [2.45, 2.75) is 46.0 Å². The van der Waals surface area contributed by atoms with E-state index in [1.807, 2.05) is 19.1 Å². The van der Waals surface area contributed by atoms with E-state index in [0.29, 0.717) is 12.5 Å². The first-order valence-electron chi connectivity index (χ1n) is 7.22. The molecule has 2 rings (SSSR count). The maximum Gasteiger partial charge on any atom is 0.197 e. The summed E-state index contributed by atoms with van der Waals surface area (Å²) in [4.78, 5) is 4.26. The third-order valence-corrected chi connectivity index (χ3v) is 3.41. The lowest BCUT2D eigenvalue weighted by atomic mass is 10.0. The van der Waals surface area contributed by atoms with Gasteiger partial charge < -0.3 is 9.15 Å². The van der Waals surface area contributed by atoms with Crippen molar-refractivity contribution in [3.8, 4) is 5.75 Å². The molecule has 3 heteroatoms. The van der Waals surface area contributed by atoms with Crippen molar-refractivity contribution in [1.29, 1.82) is 0 Å². The van der Waals surface area contributed by atoms with Crippen molar-refractivity contribution in [3.05, 3.63) is 47.7 Å². The number of nitrogens with zero attached hydrogens (tertiary/aromatic N) is 1. The van der Waals surface area contributed by atoms with Gasteiger partial charge >= 0.3 is 0 Å². The minimum absolute atomic E-state index is 0.273. The van der Waals surface area contributed by atoms with Crippen LogP contribution in [0.25, 0.3) is 0 Å². The molecule has 0 aliphatic heterocycles. The number of ether oxygens (including phenoxy) is 1. The van der Waals surface area contributed by atoms with Crippen molar-refractivity contribution in [2.75, 3.05) is 6.61 Å². The molecule has 1 heterocycles. The number of benzene rings is 1. The first-order chi connectivity index (χ1) is 9.58. The molecule has 1 unspecified atom stereocenters. The molecule has 0 aliphatic rings. The third-order valence-electron chi connectivity index (χ3n) is 3.41. The van der Waals surface area contributed by atoms with Gasteiger partial charge in [0.1, 0.15) is 11.5 Å². The molecule has 3 nitrogen and oxygen atoms in total. The predicted octanol–water partition coefficient (Wildman–Crippen LogP) is 4.68. The van der Waals surface area contributed by atoms with E-state index < -0.39 is 0 Å². The van der Waals surface area contributed by atoms with E-state index in [1.165, 1.54) is 5.56 Å². The molecule has 0 saturated heterocycles. The van der Waals surface area contributed by atoms with Crippen LogP contribution in [0.1, 0.15) is 56.2 Å². The van der Waals surface area contributed by atoms with E-state index in [2.05, 4.69) is 37.9 Å². The van der Waals surface area contributed by atoms with Crippen LogP contribution in [0, 0.1) is 6.92 Å². The lowest BCUT2D eigenvalue weighted by Gasteiger charge is -2.14. The highest BCUT2D eigenvalue weighted by Gasteiger charge is 2.12. The lowest BCUT2D eigenvalue weighted by Crippen LogP contribution is -2.05. The Bertz CT molecular complexity index is 545. The second-order valence-corrected chi connectivity index (χ2v) is 5.54. The van der Waals surface area contributed by atoms with E-state index in [1.54, 1.807) is 6.20 Å². The quantitative estimate of drug-likeness (QED) is 0.766. The number of rotatable bonds is 6. The Kier molecular flexibility index (Phi) is 4.83. The molecule has 0 bridgehead atoms. The standard InChI is InChI=1S/C17H23NO2/c1-12(2)15-7-5-6-8-16(15)19-10-9-13(3)17-18-11-14(4)20-17/h5-8,11-13H,9-10H2,1-4H3. The topological polar surface area (TPSA) is 35.3 Å². The van der Waals surface area contributed by atoms with Crippen LogP contribution in [-0.2, 0) is 0 Å². The Morgan fingerprint density at radius 1 is 1.20 bits per heavy atom. The van der Waals surface area contributed by atoms with Crippen LogP contribution < -0.4 is 4.74 Å². The van der Waals surface area contributed by atoms with Crippen LogP contribution in [0.2, 0.25) is 0 Å². The summed E-state index contributed by atoms with van der Waals surface area (Å²) < 4.78 is 11.5. The van der Waals surface area contributed by atoms with Gasteiger partial charge in [-0.1, -0.05) is 39.0 Å². The molecule has 108 valence electrons. The Balaban J connectivity index is 1.90. The zero-order valence-electron chi connectivity index (χ0n) is 12.7. The third kappa shape index (κ3) is 3.62. The van der Waals surface area contributed by atoms with E-state index >= 15 is 0 Å². The van der Waals surface area contributed by atoms with Crippen molar-refractivity contribution in [3.63, 3.8) is 0 Å². The zero-order valence-corrected chi connectivity index (χ0v) is 12.7. The van der Waals surface area contributed by atoms with Gasteiger partial charge in [0.15, 0.2) is 5.89 Å². The van der Waals surface area contributed by atoms with E-state index in [0.717, 1.165) is 23.8 Å². The molecule has 0 aliphatic carbocycles. The van der Waals surface area contributed by atoms with Gasteiger partial charge in [0.25, 0.3) is 0 Å². The molecule has 1 atom stereocenters. The lowest BCUT2D eigenvalue weighted by molar-refractivity contribution is 0.286. The smallest absolute Gasteiger partial charge is 0.197 e. The Morgan fingerprint density at radius 2 is 1.95 bits per heavy atom. The van der Waals surface area contributed by atoms with E-state index in [9.17, 15) is 0 Å². The van der Waals surface area contributed by atoms with Crippen LogP contribution in [0.3, 0.4) is 0 Å². The predicted molar refractivity (Wildman–Crippen MR) is 80.3 cm³/mol. The minimum atomic E-state index is 0.273. The van der Waals surface area contributed by atoms with Gasteiger partial charge in [0, 0.05) is 5.92 Å². The number of hydrogen-bond acceptors (Lipinski definition) is 3. The molecule has 0 radical (unpaired) electrons. The van der Waals surface area contributed by atoms with Gasteiger partial charge in [-0.25, -0.2) is 4.98 Å². The van der Waals surface area contributed by atoms with Gasteiger partial charge in [0.05, 0.1) is 12.8 Å². The molecule has 0 saturated carbocycles. The van der Waals surface area contributed by atoms with E-state index in [-0.39, 0.29) is 5.92 Å². The Hall–Kier alpha value is -1.77. The molecule has 1 aromatic heterocycles. The summed E-state index contributed by atoms with van der Waals surface area (Å²) in [5, 5.41) is 0. The fourth-order valence-corrected chi connectivity index (χ4v) is 2.16. The van der Waals surface area contributed by atoms with Crippen LogP contribution in [0.5, 0.6) is 5.75 Å². The summed E-state index contributed by atoms with van der Waals surface area (Å²) >= 11 is 0. The van der Waals surface area contributed by atoms with Crippen LogP contribution in [-0.4, -0.2) is 11.6 Å². The fraction of sp³-hybridized carbons (Fsp3) is 0.471. The van der Waals surface area contributed by atoms with Crippen molar-refractivity contribution < 1.29 is 9.15 Å². The molecule has 0 fully saturated rings. The highest BCUT2D eigenvalue weighted by atomic mass is 16.5. The van der Waals surface area contributed by atoms with Crippen LogP contribution in [0.4, 0.5) is 0 Å². The minimum Gasteiger partial charge on any atom is -0.493 e. The normalized spacial score (nSPS) is 12.7. The molecule has 2 aromatic rings. The number of oxazole rings is 1. The number of aromatic nitrogens is 1. The van der Waals surface area contributed by atoms with Crippen molar-refractivity contribution in [1.82, 2.24) is 4.98 Å². The Labute approximate surface area is 121 Å². The summed E-state index contributed by atoms with van der Waals surface area (Å²) in [6, 6.07) is 8.23. The van der Waals surface area contributed by atoms with Gasteiger partial charge in [0.2, 0.25) is 0 Å². The first-order valence-corrected chi connectivity index (χ1v) is 7.22. The van der Waals surface area contributed by atoms with Crippen LogP contribution >= 0.6 is 0 Å². The second kappa shape index (κ2) is 6.60. The largest absolute Gasteiger partial charge is 0.493 e. The summed E-state index contributed by atoms with van der Waals surface area (Å²) in [5.74, 6) is 3.38. The summed E-state index contributed by atoms with van der Waals surface area (Å²) in [5.41, 5.74) is 1.26. The fourth-order valence-electron chi connectivity index (χ4n) is 2.16. The van der Waals surface area contributed by atoms with Gasteiger partial charge in [-0.05, 0) is 30.9 Å². The summed E-state index contributed by atoms with van der Waals surface area (Å²) in [6.45, 7) is 9.06. The highest BCUT2D eigenvalue weighted by molar-refractivity contribution is 5.35. The van der Waals surface area contributed by atoms with Gasteiger partial charge in [-0.2, -0.15) is 0 Å². The maximum absolute atomic E-state index is 5.93. The maximum atomic E-state index is 5.93. The summed E-state index contributed by atoms with van der Waals surface area (Å²) in [7, 11) is 0. The van der Waals surface area contributed by atoms with Gasteiger partial charge in [-0.15, -0.1) is 0 Å². The van der Waals surface area contributed by atoms with Crippen molar-refractivity contribution >= 4 is 0 Å². The molecule has 1 aromatic carbocycles. The molecule has 0 spiro atoms. The van der Waals surface area contributed by atoms with E-state index in [4.69, 9.17) is 9.15 Å².